The van der Waals surface area contributed by atoms with Crippen LogP contribution in [0, 0.1) is 18.3 Å². The lowest BCUT2D eigenvalue weighted by Crippen LogP contribution is -2.35. The lowest BCUT2D eigenvalue weighted by Gasteiger charge is -2.29. The van der Waals surface area contributed by atoms with Gasteiger partial charge in [-0.15, -0.1) is 0 Å². The molecule has 2 aliphatic rings. The first-order valence-corrected chi connectivity index (χ1v) is 10.8. The number of aromatic nitrogens is 1. The number of nitriles is 1. The molecule has 2 fully saturated rings. The molecular weight excluding hydrogens is 392 g/mol. The van der Waals surface area contributed by atoms with Gasteiger partial charge >= 0.3 is 0 Å². The lowest BCUT2D eigenvalue weighted by atomic mass is 10.0. The Labute approximate surface area is 174 Å². The van der Waals surface area contributed by atoms with Gasteiger partial charge in [0.1, 0.15) is 21.8 Å². The zero-order valence-corrected chi connectivity index (χ0v) is 18.1. The molecule has 6 nitrogen and oxygen atoms in total. The Balaban J connectivity index is 2.27. The highest BCUT2D eigenvalue weighted by Gasteiger charge is 2.30. The second-order valence-electron chi connectivity index (χ2n) is 7.04. The number of thiocarbonyl (C=S) groups is 1. The molecule has 148 valence electrons. The maximum Gasteiger partial charge on any atom is 0.270 e. The Morgan fingerprint density at radius 2 is 1.86 bits per heavy atom. The molecule has 0 aromatic carbocycles. The smallest absolute Gasteiger partial charge is 0.270 e. The van der Waals surface area contributed by atoms with E-state index in [4.69, 9.17) is 12.2 Å². The molecule has 1 aromatic rings. The van der Waals surface area contributed by atoms with E-state index < -0.39 is 0 Å². The number of pyridine rings is 1. The number of hydrogen-bond donors (Lipinski definition) is 0. The van der Waals surface area contributed by atoms with Crippen LogP contribution < -0.4 is 10.5 Å². The molecule has 2 saturated heterocycles. The molecule has 2 aliphatic heterocycles. The van der Waals surface area contributed by atoms with Crippen LogP contribution in [-0.2, 0) is 11.3 Å². The molecule has 8 heteroatoms. The van der Waals surface area contributed by atoms with Gasteiger partial charge in [0.2, 0.25) is 0 Å². The average Bonchev–Trinajstić information content (AvgIpc) is 2.89. The molecule has 1 amide bonds. The molecular formula is C20H24N4O2S2. The number of anilines is 1. The van der Waals surface area contributed by atoms with Crippen molar-refractivity contribution in [3.05, 3.63) is 31.9 Å². The summed E-state index contributed by atoms with van der Waals surface area (Å²) in [6.45, 7) is 5.89. The molecule has 3 heterocycles. The van der Waals surface area contributed by atoms with Gasteiger partial charge in [-0.1, -0.05) is 36.8 Å². The number of nitrogens with zero attached hydrogens (tertiary/aromatic N) is 4. The van der Waals surface area contributed by atoms with Crippen LogP contribution in [0.5, 0.6) is 0 Å². The Bertz CT molecular complexity index is 950. The maximum atomic E-state index is 13.0. The predicted octanol–water partition coefficient (Wildman–Crippen LogP) is 3.26. The van der Waals surface area contributed by atoms with Crippen molar-refractivity contribution >= 4 is 46.1 Å². The molecule has 0 radical (unpaired) electrons. The van der Waals surface area contributed by atoms with Gasteiger partial charge in [-0.25, -0.2) is 0 Å². The molecule has 3 rings (SSSR count). The van der Waals surface area contributed by atoms with E-state index in [1.54, 1.807) is 18.5 Å². The largest absolute Gasteiger partial charge is 0.357 e. The van der Waals surface area contributed by atoms with Crippen molar-refractivity contribution < 1.29 is 4.79 Å². The topological polar surface area (TPSA) is 69.3 Å². The molecule has 0 saturated carbocycles. The van der Waals surface area contributed by atoms with Gasteiger partial charge in [0.25, 0.3) is 11.5 Å². The number of thioether (sulfide) groups is 1. The van der Waals surface area contributed by atoms with E-state index in [-0.39, 0.29) is 17.0 Å². The Kier molecular flexibility index (Phi) is 6.26. The van der Waals surface area contributed by atoms with Crippen LogP contribution >= 0.6 is 24.0 Å². The number of rotatable bonds is 3. The van der Waals surface area contributed by atoms with Crippen molar-refractivity contribution in [1.29, 1.82) is 5.26 Å². The fourth-order valence-electron chi connectivity index (χ4n) is 3.74. The minimum atomic E-state index is -0.262. The molecule has 0 N–H and O–H groups in total. The molecule has 1 aromatic heterocycles. The Morgan fingerprint density at radius 1 is 1.21 bits per heavy atom. The standard InChI is InChI=1S/C20H24N4O2S2/c1-4-24-17(23-9-7-5-6-8-10-23)14(13(2)15(12-21)18(24)25)11-16-19(26)22(3)20(27)28-16/h11H,4-10H2,1-3H3. The second-order valence-corrected chi connectivity index (χ2v) is 8.72. The van der Waals surface area contributed by atoms with Crippen molar-refractivity contribution in [3.8, 4) is 6.07 Å². The number of amides is 1. The van der Waals surface area contributed by atoms with Crippen LogP contribution in [0.15, 0.2) is 9.70 Å². The summed E-state index contributed by atoms with van der Waals surface area (Å²) in [5.41, 5.74) is 1.27. The fraction of sp³-hybridized carbons (Fsp3) is 0.500. The van der Waals surface area contributed by atoms with Gasteiger partial charge in [0, 0.05) is 32.2 Å². The van der Waals surface area contributed by atoms with Crippen LogP contribution in [0.25, 0.3) is 6.08 Å². The van der Waals surface area contributed by atoms with Crippen LogP contribution in [0.2, 0.25) is 0 Å². The van der Waals surface area contributed by atoms with Crippen molar-refractivity contribution in [2.75, 3.05) is 25.0 Å². The maximum absolute atomic E-state index is 13.0. The van der Waals surface area contributed by atoms with Gasteiger partial charge in [0.05, 0.1) is 4.91 Å². The molecule has 0 unspecified atom stereocenters. The quantitative estimate of drug-likeness (QED) is 0.556. The Hall–Kier alpha value is -2.11. The highest BCUT2D eigenvalue weighted by Crippen LogP contribution is 2.35. The van der Waals surface area contributed by atoms with E-state index in [2.05, 4.69) is 11.0 Å². The summed E-state index contributed by atoms with van der Waals surface area (Å²) in [5.74, 6) is 0.663. The van der Waals surface area contributed by atoms with Crippen LogP contribution in [-0.4, -0.2) is 39.8 Å². The predicted molar refractivity (Wildman–Crippen MR) is 117 cm³/mol. The monoisotopic (exact) mass is 416 g/mol. The van der Waals surface area contributed by atoms with Gasteiger partial charge in [-0.05, 0) is 38.3 Å². The van der Waals surface area contributed by atoms with Gasteiger partial charge in [-0.3, -0.25) is 19.1 Å². The zero-order chi connectivity index (χ0) is 20.4. The molecule has 0 spiro atoms. The first-order valence-electron chi connectivity index (χ1n) is 9.54. The number of likely N-dealkylation sites (N-methyl/N-ethyl adjacent to an activating group) is 1. The van der Waals surface area contributed by atoms with E-state index in [1.165, 1.54) is 29.5 Å². The molecule has 0 bridgehead atoms. The highest BCUT2D eigenvalue weighted by molar-refractivity contribution is 8.26. The number of carbonyl (C=O) groups excluding carboxylic acids is 1. The average molecular weight is 417 g/mol. The summed E-state index contributed by atoms with van der Waals surface area (Å²) in [7, 11) is 1.66. The third-order valence-corrected chi connectivity index (χ3v) is 6.81. The summed E-state index contributed by atoms with van der Waals surface area (Å²) in [6, 6.07) is 2.07. The van der Waals surface area contributed by atoms with Crippen molar-refractivity contribution in [2.24, 2.45) is 0 Å². The third-order valence-electron chi connectivity index (χ3n) is 5.33. The van der Waals surface area contributed by atoms with Crippen molar-refractivity contribution in [2.45, 2.75) is 46.1 Å². The summed E-state index contributed by atoms with van der Waals surface area (Å²) >= 11 is 6.50. The first kappa shape index (κ1) is 20.6. The summed E-state index contributed by atoms with van der Waals surface area (Å²) in [6.07, 6.45) is 6.28. The Morgan fingerprint density at radius 3 is 2.36 bits per heavy atom. The molecule has 0 atom stereocenters. The third kappa shape index (κ3) is 3.61. The van der Waals surface area contributed by atoms with Gasteiger partial charge < -0.3 is 4.90 Å². The van der Waals surface area contributed by atoms with E-state index in [0.717, 1.165) is 37.3 Å². The SMILES string of the molecule is CCn1c(N2CCCCCC2)c(C=C2SC(=S)N(C)C2=O)c(C)c(C#N)c1=O. The normalized spacial score (nSPS) is 19.3. The summed E-state index contributed by atoms with van der Waals surface area (Å²) in [4.78, 5) is 29.7. The van der Waals surface area contributed by atoms with Crippen molar-refractivity contribution in [3.63, 3.8) is 0 Å². The summed E-state index contributed by atoms with van der Waals surface area (Å²) < 4.78 is 2.18. The lowest BCUT2D eigenvalue weighted by molar-refractivity contribution is -0.121. The second kappa shape index (κ2) is 8.50. The molecule has 0 aliphatic carbocycles. The van der Waals surface area contributed by atoms with E-state index in [9.17, 15) is 14.9 Å². The van der Waals surface area contributed by atoms with Crippen molar-refractivity contribution in [1.82, 2.24) is 9.47 Å². The fourth-order valence-corrected chi connectivity index (χ4v) is 4.90. The number of carbonyl (C=O) groups is 1. The zero-order valence-electron chi connectivity index (χ0n) is 16.4. The van der Waals surface area contributed by atoms with E-state index >= 15 is 0 Å². The van der Waals surface area contributed by atoms with Crippen LogP contribution in [0.1, 0.15) is 49.3 Å². The van der Waals surface area contributed by atoms with E-state index in [0.29, 0.717) is 21.3 Å². The highest BCUT2D eigenvalue weighted by atomic mass is 32.2. The van der Waals surface area contributed by atoms with Gasteiger partial charge in [0.15, 0.2) is 0 Å². The minimum Gasteiger partial charge on any atom is -0.357 e. The van der Waals surface area contributed by atoms with Crippen LogP contribution in [0.3, 0.4) is 0 Å². The number of hydrogen-bond acceptors (Lipinski definition) is 6. The first-order chi connectivity index (χ1) is 13.4. The summed E-state index contributed by atoms with van der Waals surface area (Å²) in [5, 5.41) is 9.59. The van der Waals surface area contributed by atoms with E-state index in [1.807, 2.05) is 13.0 Å². The molecule has 28 heavy (non-hydrogen) atoms. The minimum absolute atomic E-state index is 0.138. The van der Waals surface area contributed by atoms with Gasteiger partial charge in [-0.2, -0.15) is 5.26 Å². The van der Waals surface area contributed by atoms with Crippen LogP contribution in [0.4, 0.5) is 5.82 Å².